The van der Waals surface area contributed by atoms with Gasteiger partial charge in [0.25, 0.3) is 0 Å². The molecule has 0 aliphatic heterocycles. The lowest BCUT2D eigenvalue weighted by atomic mass is 10.2. The van der Waals surface area contributed by atoms with Gasteiger partial charge >= 0.3 is 0 Å². The molecule has 3 nitrogen and oxygen atoms in total. The van der Waals surface area contributed by atoms with Crippen LogP contribution in [0.3, 0.4) is 0 Å². The number of carbonyl (C=O) groups excluding carboxylic acids is 1. The topological polar surface area (TPSA) is 33.2 Å². The molecule has 0 saturated carbocycles. The van der Waals surface area contributed by atoms with Crippen LogP contribution in [0.1, 0.15) is 6.92 Å². The molecule has 0 unspecified atom stereocenters. The second-order valence-electron chi connectivity index (χ2n) is 3.52. The maximum absolute atomic E-state index is 12.8. The van der Waals surface area contributed by atoms with Gasteiger partial charge in [-0.15, -0.1) is 0 Å². The first-order chi connectivity index (χ1) is 8.18. The summed E-state index contributed by atoms with van der Waals surface area (Å²) < 4.78 is 12.8. The number of pyridine rings is 1. The van der Waals surface area contributed by atoms with E-state index >= 15 is 0 Å². The highest BCUT2D eigenvalue weighted by Crippen LogP contribution is 2.23. The van der Waals surface area contributed by atoms with Gasteiger partial charge in [-0.1, -0.05) is 6.07 Å². The minimum atomic E-state index is -0.335. The summed E-state index contributed by atoms with van der Waals surface area (Å²) >= 11 is 0. The van der Waals surface area contributed by atoms with Crippen molar-refractivity contribution in [2.75, 3.05) is 4.90 Å². The fraction of sp³-hybridized carbons (Fsp3) is 0.0769. The fourth-order valence-corrected chi connectivity index (χ4v) is 1.55. The first-order valence-corrected chi connectivity index (χ1v) is 5.16. The van der Waals surface area contributed by atoms with E-state index in [2.05, 4.69) is 4.98 Å². The van der Waals surface area contributed by atoms with Gasteiger partial charge in [0.05, 0.1) is 5.69 Å². The Hall–Kier alpha value is -2.23. The molecule has 0 atom stereocenters. The maximum Gasteiger partial charge on any atom is 0.229 e. The van der Waals surface area contributed by atoms with Gasteiger partial charge in [0.2, 0.25) is 5.91 Å². The van der Waals surface area contributed by atoms with Gasteiger partial charge in [0.1, 0.15) is 11.6 Å². The number of hydrogen-bond acceptors (Lipinski definition) is 2. The van der Waals surface area contributed by atoms with Crippen molar-refractivity contribution in [3.8, 4) is 0 Å². The van der Waals surface area contributed by atoms with Crippen molar-refractivity contribution in [2.45, 2.75) is 6.92 Å². The fourth-order valence-electron chi connectivity index (χ4n) is 1.55. The van der Waals surface area contributed by atoms with E-state index < -0.39 is 0 Å². The molecule has 0 aliphatic rings. The lowest BCUT2D eigenvalue weighted by Gasteiger charge is -2.19. The number of anilines is 2. The van der Waals surface area contributed by atoms with E-state index in [1.807, 2.05) is 0 Å². The third kappa shape index (κ3) is 2.47. The Kier molecular flexibility index (Phi) is 3.14. The lowest BCUT2D eigenvalue weighted by Crippen LogP contribution is -2.23. The monoisotopic (exact) mass is 230 g/mol. The van der Waals surface area contributed by atoms with Crippen LogP contribution < -0.4 is 4.90 Å². The van der Waals surface area contributed by atoms with Crippen LogP contribution in [0, 0.1) is 5.82 Å². The van der Waals surface area contributed by atoms with Crippen molar-refractivity contribution in [3.63, 3.8) is 0 Å². The molecule has 1 aromatic heterocycles. The molecular weight excluding hydrogens is 219 g/mol. The van der Waals surface area contributed by atoms with Crippen LogP contribution in [0.4, 0.5) is 15.9 Å². The molecule has 1 heterocycles. The quantitative estimate of drug-likeness (QED) is 0.794. The number of carbonyl (C=O) groups is 1. The molecule has 86 valence electrons. The largest absolute Gasteiger partial charge is 0.274 e. The summed E-state index contributed by atoms with van der Waals surface area (Å²) in [4.78, 5) is 17.2. The summed E-state index contributed by atoms with van der Waals surface area (Å²) in [6, 6.07) is 11.0. The average Bonchev–Trinajstić information content (AvgIpc) is 2.33. The van der Waals surface area contributed by atoms with Crippen molar-refractivity contribution < 1.29 is 9.18 Å². The van der Waals surface area contributed by atoms with E-state index in [0.29, 0.717) is 11.5 Å². The molecule has 0 fully saturated rings. The summed E-state index contributed by atoms with van der Waals surface area (Å²) in [5.41, 5.74) is 0.595. The van der Waals surface area contributed by atoms with Crippen molar-refractivity contribution in [2.24, 2.45) is 0 Å². The zero-order valence-corrected chi connectivity index (χ0v) is 9.30. The van der Waals surface area contributed by atoms with E-state index in [9.17, 15) is 9.18 Å². The Morgan fingerprint density at radius 3 is 2.41 bits per heavy atom. The van der Waals surface area contributed by atoms with Gasteiger partial charge < -0.3 is 0 Å². The highest BCUT2D eigenvalue weighted by atomic mass is 19.1. The van der Waals surface area contributed by atoms with Crippen molar-refractivity contribution in [1.82, 2.24) is 4.98 Å². The van der Waals surface area contributed by atoms with Crippen molar-refractivity contribution in [3.05, 3.63) is 54.5 Å². The average molecular weight is 230 g/mol. The third-order valence-corrected chi connectivity index (χ3v) is 2.28. The van der Waals surface area contributed by atoms with Gasteiger partial charge in [-0.3, -0.25) is 9.69 Å². The molecule has 0 N–H and O–H groups in total. The summed E-state index contributed by atoms with van der Waals surface area (Å²) in [7, 11) is 0. The molecule has 0 spiro atoms. The van der Waals surface area contributed by atoms with Gasteiger partial charge in [0.15, 0.2) is 0 Å². The highest BCUT2D eigenvalue weighted by molar-refractivity contribution is 5.97. The van der Waals surface area contributed by atoms with E-state index in [1.54, 1.807) is 36.5 Å². The summed E-state index contributed by atoms with van der Waals surface area (Å²) in [6.45, 7) is 1.44. The molecule has 0 bridgehead atoms. The number of hydrogen-bond donors (Lipinski definition) is 0. The SMILES string of the molecule is CC(=O)N(c1ccc(F)cc1)c1ccccn1. The molecule has 1 amide bonds. The number of rotatable bonds is 2. The Morgan fingerprint density at radius 2 is 1.88 bits per heavy atom. The molecule has 0 radical (unpaired) electrons. The van der Waals surface area contributed by atoms with Gasteiger partial charge in [-0.25, -0.2) is 9.37 Å². The van der Waals surface area contributed by atoms with Crippen LogP contribution in [0.5, 0.6) is 0 Å². The Labute approximate surface area is 98.5 Å². The maximum atomic E-state index is 12.8. The summed E-state index contributed by atoms with van der Waals surface area (Å²) in [6.07, 6.45) is 1.61. The van der Waals surface area contributed by atoms with Crippen LogP contribution in [0.15, 0.2) is 48.7 Å². The number of amides is 1. The Balaban J connectivity index is 2.43. The second-order valence-corrected chi connectivity index (χ2v) is 3.52. The van der Waals surface area contributed by atoms with Gasteiger partial charge in [0, 0.05) is 13.1 Å². The summed E-state index contributed by atoms with van der Waals surface area (Å²) in [5, 5.41) is 0. The molecule has 1 aromatic carbocycles. The number of halogens is 1. The van der Waals surface area contributed by atoms with Gasteiger partial charge in [-0.05, 0) is 36.4 Å². The van der Waals surface area contributed by atoms with E-state index in [4.69, 9.17) is 0 Å². The molecule has 17 heavy (non-hydrogen) atoms. The molecular formula is C13H11FN2O. The Bertz CT molecular complexity index is 511. The van der Waals surface area contributed by atoms with Crippen molar-refractivity contribution >= 4 is 17.4 Å². The van der Waals surface area contributed by atoms with Crippen LogP contribution in [0.2, 0.25) is 0 Å². The Morgan fingerprint density at radius 1 is 1.18 bits per heavy atom. The molecule has 2 rings (SSSR count). The smallest absolute Gasteiger partial charge is 0.229 e. The van der Waals surface area contributed by atoms with E-state index in [0.717, 1.165) is 0 Å². The molecule has 0 aliphatic carbocycles. The highest BCUT2D eigenvalue weighted by Gasteiger charge is 2.14. The van der Waals surface area contributed by atoms with Crippen LogP contribution >= 0.6 is 0 Å². The lowest BCUT2D eigenvalue weighted by molar-refractivity contribution is -0.115. The van der Waals surface area contributed by atoms with Crippen LogP contribution in [0.25, 0.3) is 0 Å². The van der Waals surface area contributed by atoms with E-state index in [-0.39, 0.29) is 11.7 Å². The first-order valence-electron chi connectivity index (χ1n) is 5.16. The zero-order chi connectivity index (χ0) is 12.3. The van der Waals surface area contributed by atoms with Crippen LogP contribution in [-0.2, 0) is 4.79 Å². The number of nitrogens with zero attached hydrogens (tertiary/aromatic N) is 2. The van der Waals surface area contributed by atoms with Crippen molar-refractivity contribution in [1.29, 1.82) is 0 Å². The molecule has 4 heteroatoms. The minimum absolute atomic E-state index is 0.171. The normalized spacial score (nSPS) is 10.0. The van der Waals surface area contributed by atoms with Crippen LogP contribution in [-0.4, -0.2) is 10.9 Å². The summed E-state index contributed by atoms with van der Waals surface area (Å²) in [5.74, 6) is 0.0141. The molecule has 0 saturated heterocycles. The number of benzene rings is 1. The first kappa shape index (κ1) is 11.3. The zero-order valence-electron chi connectivity index (χ0n) is 9.30. The third-order valence-electron chi connectivity index (χ3n) is 2.28. The minimum Gasteiger partial charge on any atom is -0.274 e. The predicted octanol–water partition coefficient (Wildman–Crippen LogP) is 2.91. The number of aromatic nitrogens is 1. The second kappa shape index (κ2) is 4.74. The van der Waals surface area contributed by atoms with Gasteiger partial charge in [-0.2, -0.15) is 0 Å². The van der Waals surface area contributed by atoms with E-state index in [1.165, 1.54) is 24.0 Å². The molecule has 2 aromatic rings. The predicted molar refractivity (Wildman–Crippen MR) is 63.5 cm³/mol. The standard InChI is InChI=1S/C13H11FN2O/c1-10(17)16(13-4-2-3-9-15-13)12-7-5-11(14)6-8-12/h2-9H,1H3.